The van der Waals surface area contributed by atoms with Gasteiger partial charge in [-0.25, -0.2) is 0 Å². The second-order valence-corrected chi connectivity index (χ2v) is 7.46. The standard InChI is InChI=1S/C23H24N2O5/c1-29-20-9-8-15(13-19(20)21(26)24-11-10-16-5-4-12-30-16)14-25-22(27)17-6-2-3-7-18(17)23(25)28/h2-3,6-9,13,16H,4-5,10-12,14H2,1H3,(H,24,26). The van der Waals surface area contributed by atoms with Crippen LogP contribution < -0.4 is 10.1 Å². The predicted molar refractivity (Wildman–Crippen MR) is 110 cm³/mol. The topological polar surface area (TPSA) is 84.9 Å². The molecule has 0 radical (unpaired) electrons. The van der Waals surface area contributed by atoms with Crippen LogP contribution in [0.5, 0.6) is 5.75 Å². The number of imide groups is 1. The van der Waals surface area contributed by atoms with E-state index in [2.05, 4.69) is 5.32 Å². The molecule has 1 N–H and O–H groups in total. The Bertz CT molecular complexity index is 946. The lowest BCUT2D eigenvalue weighted by Crippen LogP contribution is -2.30. The van der Waals surface area contributed by atoms with E-state index in [1.165, 1.54) is 12.0 Å². The molecule has 0 bridgehead atoms. The first-order valence-corrected chi connectivity index (χ1v) is 10.1. The summed E-state index contributed by atoms with van der Waals surface area (Å²) in [6, 6.07) is 11.9. The number of nitrogens with one attached hydrogen (secondary N) is 1. The van der Waals surface area contributed by atoms with Crippen LogP contribution in [0.1, 0.15) is 55.9 Å². The van der Waals surface area contributed by atoms with Crippen LogP contribution in [-0.2, 0) is 11.3 Å². The third-order valence-electron chi connectivity index (χ3n) is 5.50. The van der Waals surface area contributed by atoms with Gasteiger partial charge in [0.1, 0.15) is 5.75 Å². The molecule has 7 heteroatoms. The Labute approximate surface area is 175 Å². The van der Waals surface area contributed by atoms with E-state index >= 15 is 0 Å². The zero-order valence-corrected chi connectivity index (χ0v) is 16.8. The first-order chi connectivity index (χ1) is 14.6. The van der Waals surface area contributed by atoms with E-state index in [4.69, 9.17) is 9.47 Å². The SMILES string of the molecule is COc1ccc(CN2C(=O)c3ccccc3C2=O)cc1C(=O)NCCC1CCCO1. The van der Waals surface area contributed by atoms with Crippen LogP contribution in [0.15, 0.2) is 42.5 Å². The van der Waals surface area contributed by atoms with Crippen LogP contribution in [0.25, 0.3) is 0 Å². The highest BCUT2D eigenvalue weighted by Gasteiger charge is 2.35. The van der Waals surface area contributed by atoms with Crippen molar-refractivity contribution < 1.29 is 23.9 Å². The van der Waals surface area contributed by atoms with Crippen molar-refractivity contribution in [2.24, 2.45) is 0 Å². The first kappa shape index (κ1) is 20.1. The Balaban J connectivity index is 1.46. The van der Waals surface area contributed by atoms with E-state index in [-0.39, 0.29) is 30.4 Å². The summed E-state index contributed by atoms with van der Waals surface area (Å²) in [5, 5.41) is 2.91. The molecule has 0 aliphatic carbocycles. The summed E-state index contributed by atoms with van der Waals surface area (Å²) < 4.78 is 10.9. The molecular formula is C23H24N2O5. The van der Waals surface area contributed by atoms with Gasteiger partial charge >= 0.3 is 0 Å². The zero-order chi connectivity index (χ0) is 21.1. The van der Waals surface area contributed by atoms with Gasteiger partial charge in [0.15, 0.2) is 0 Å². The highest BCUT2D eigenvalue weighted by atomic mass is 16.5. The van der Waals surface area contributed by atoms with Gasteiger partial charge < -0.3 is 14.8 Å². The van der Waals surface area contributed by atoms with Crippen LogP contribution in [0.2, 0.25) is 0 Å². The summed E-state index contributed by atoms with van der Waals surface area (Å²) in [4.78, 5) is 39.1. The maximum Gasteiger partial charge on any atom is 0.261 e. The Morgan fingerprint density at radius 1 is 1.17 bits per heavy atom. The molecule has 156 valence electrons. The van der Waals surface area contributed by atoms with Gasteiger partial charge in [0.25, 0.3) is 17.7 Å². The molecule has 30 heavy (non-hydrogen) atoms. The second kappa shape index (κ2) is 8.67. The monoisotopic (exact) mass is 408 g/mol. The van der Waals surface area contributed by atoms with Gasteiger partial charge in [-0.3, -0.25) is 19.3 Å². The summed E-state index contributed by atoms with van der Waals surface area (Å²) in [7, 11) is 1.50. The van der Waals surface area contributed by atoms with Crippen LogP contribution in [0.3, 0.4) is 0 Å². The molecule has 2 aliphatic rings. The number of ether oxygens (including phenoxy) is 2. The molecule has 1 unspecified atom stereocenters. The van der Waals surface area contributed by atoms with Crippen LogP contribution >= 0.6 is 0 Å². The van der Waals surface area contributed by atoms with E-state index in [0.29, 0.717) is 34.5 Å². The molecule has 2 aliphatic heterocycles. The van der Waals surface area contributed by atoms with Gasteiger partial charge in [-0.1, -0.05) is 18.2 Å². The summed E-state index contributed by atoms with van der Waals surface area (Å²) in [5.41, 5.74) is 1.86. The highest BCUT2D eigenvalue weighted by Crippen LogP contribution is 2.26. The fraction of sp³-hybridized carbons (Fsp3) is 0.348. The molecular weight excluding hydrogens is 384 g/mol. The van der Waals surface area contributed by atoms with Crippen molar-refractivity contribution in [1.82, 2.24) is 10.2 Å². The third kappa shape index (κ3) is 3.93. The number of carbonyl (C=O) groups excluding carboxylic acids is 3. The van der Waals surface area contributed by atoms with E-state index in [1.54, 1.807) is 42.5 Å². The third-order valence-corrected chi connectivity index (χ3v) is 5.50. The average Bonchev–Trinajstić information content (AvgIpc) is 3.37. The summed E-state index contributed by atoms with van der Waals surface area (Å²) >= 11 is 0. The molecule has 1 atom stereocenters. The molecule has 0 saturated carbocycles. The number of amides is 3. The Hall–Kier alpha value is -3.19. The molecule has 1 fully saturated rings. The number of hydrogen-bond acceptors (Lipinski definition) is 5. The van der Waals surface area contributed by atoms with Crippen molar-refractivity contribution in [2.75, 3.05) is 20.3 Å². The number of methoxy groups -OCH3 is 1. The van der Waals surface area contributed by atoms with Gasteiger partial charge in [-0.15, -0.1) is 0 Å². The minimum Gasteiger partial charge on any atom is -0.496 e. The van der Waals surface area contributed by atoms with Gasteiger partial charge in [0.05, 0.1) is 36.4 Å². The maximum atomic E-state index is 12.7. The van der Waals surface area contributed by atoms with Crippen LogP contribution in [-0.4, -0.2) is 49.0 Å². The average molecular weight is 408 g/mol. The smallest absolute Gasteiger partial charge is 0.261 e. The fourth-order valence-electron chi connectivity index (χ4n) is 3.91. The lowest BCUT2D eigenvalue weighted by molar-refractivity contribution is 0.0642. The van der Waals surface area contributed by atoms with Gasteiger partial charge in [0, 0.05) is 13.2 Å². The van der Waals surface area contributed by atoms with E-state index in [1.807, 2.05) is 0 Å². The predicted octanol–water partition coefficient (Wildman–Crippen LogP) is 2.79. The lowest BCUT2D eigenvalue weighted by Gasteiger charge is -2.16. The zero-order valence-electron chi connectivity index (χ0n) is 16.8. The van der Waals surface area contributed by atoms with Gasteiger partial charge in [0.2, 0.25) is 0 Å². The number of rotatable bonds is 7. The Kier molecular flexibility index (Phi) is 5.81. The number of hydrogen-bond donors (Lipinski definition) is 1. The lowest BCUT2D eigenvalue weighted by atomic mass is 10.1. The molecule has 0 spiro atoms. The minimum atomic E-state index is -0.325. The van der Waals surface area contributed by atoms with Crippen molar-refractivity contribution >= 4 is 17.7 Å². The number of fused-ring (bicyclic) bond motifs is 1. The molecule has 2 aromatic carbocycles. The molecule has 0 aromatic heterocycles. The Morgan fingerprint density at radius 2 is 1.90 bits per heavy atom. The van der Waals surface area contributed by atoms with Gasteiger partial charge in [-0.05, 0) is 49.1 Å². The largest absolute Gasteiger partial charge is 0.496 e. The van der Waals surface area contributed by atoms with E-state index < -0.39 is 0 Å². The number of benzene rings is 2. The van der Waals surface area contributed by atoms with Crippen molar-refractivity contribution in [3.63, 3.8) is 0 Å². The molecule has 2 aromatic rings. The minimum absolute atomic E-state index is 0.0898. The van der Waals surface area contributed by atoms with Crippen LogP contribution in [0, 0.1) is 0 Å². The summed E-state index contributed by atoms with van der Waals surface area (Å²) in [6.07, 6.45) is 3.05. The fourth-order valence-corrected chi connectivity index (χ4v) is 3.91. The van der Waals surface area contributed by atoms with Gasteiger partial charge in [-0.2, -0.15) is 0 Å². The van der Waals surface area contributed by atoms with Crippen molar-refractivity contribution in [3.05, 3.63) is 64.7 Å². The molecule has 1 saturated heterocycles. The summed E-state index contributed by atoms with van der Waals surface area (Å²) in [6.45, 7) is 1.38. The van der Waals surface area contributed by atoms with Crippen molar-refractivity contribution in [1.29, 1.82) is 0 Å². The van der Waals surface area contributed by atoms with Crippen molar-refractivity contribution in [2.45, 2.75) is 31.9 Å². The Morgan fingerprint density at radius 3 is 2.53 bits per heavy atom. The molecule has 3 amide bonds. The number of nitrogens with zero attached hydrogens (tertiary/aromatic N) is 1. The van der Waals surface area contributed by atoms with E-state index in [0.717, 1.165) is 25.9 Å². The second-order valence-electron chi connectivity index (χ2n) is 7.46. The highest BCUT2D eigenvalue weighted by molar-refractivity contribution is 6.21. The normalized spacial score (nSPS) is 17.9. The maximum absolute atomic E-state index is 12.7. The van der Waals surface area contributed by atoms with Crippen molar-refractivity contribution in [3.8, 4) is 5.75 Å². The molecule has 2 heterocycles. The molecule has 7 nitrogen and oxygen atoms in total. The first-order valence-electron chi connectivity index (χ1n) is 10.1. The summed E-state index contributed by atoms with van der Waals surface area (Å²) in [5.74, 6) is -0.465. The van der Waals surface area contributed by atoms with Crippen LogP contribution in [0.4, 0.5) is 0 Å². The quantitative estimate of drug-likeness (QED) is 0.712. The van der Waals surface area contributed by atoms with E-state index in [9.17, 15) is 14.4 Å². The number of carbonyl (C=O) groups is 3. The molecule has 4 rings (SSSR count).